The Hall–Kier alpha value is -5.02. The maximum absolute atomic E-state index is 11.0. The Labute approximate surface area is 184 Å². The molecule has 2 aromatic carbocycles. The Balaban J connectivity index is 1.82. The van der Waals surface area contributed by atoms with Crippen LogP contribution in [0.1, 0.15) is 19.3 Å². The van der Waals surface area contributed by atoms with Gasteiger partial charge in [0.25, 0.3) is 11.4 Å². The van der Waals surface area contributed by atoms with Gasteiger partial charge in [-0.15, -0.1) is 0 Å². The summed E-state index contributed by atoms with van der Waals surface area (Å²) in [5.41, 5.74) is 3.12. The van der Waals surface area contributed by atoms with E-state index in [9.17, 15) is 40.5 Å². The number of anilines is 2. The van der Waals surface area contributed by atoms with Crippen molar-refractivity contribution in [2.45, 2.75) is 19.3 Å². The molecule has 2 N–H and O–H groups in total. The standard InChI is InChI=1S/C17H16N8O8/c26-22(27)12-4-6-14(16(10-12)24(30)31)20-18-8-2-1-3-9-19-21-15-7-5-13(23(28)29)11-17(15)25(32)33/h4-11,20-21H,1-3H2. The number of hydrogen-bond acceptors (Lipinski definition) is 12. The molecular weight excluding hydrogens is 444 g/mol. The van der Waals surface area contributed by atoms with Crippen LogP contribution in [0.5, 0.6) is 0 Å². The minimum Gasteiger partial charge on any atom is -0.272 e. The minimum atomic E-state index is -0.760. The molecule has 0 radical (unpaired) electrons. The Morgan fingerprint density at radius 2 is 1.06 bits per heavy atom. The zero-order chi connectivity index (χ0) is 24.4. The van der Waals surface area contributed by atoms with Gasteiger partial charge in [0, 0.05) is 24.6 Å². The van der Waals surface area contributed by atoms with Gasteiger partial charge in [-0.2, -0.15) is 10.2 Å². The topological polar surface area (TPSA) is 221 Å². The molecule has 172 valence electrons. The summed E-state index contributed by atoms with van der Waals surface area (Å²) in [6.45, 7) is 0. The molecule has 0 unspecified atom stereocenters. The van der Waals surface area contributed by atoms with Crippen LogP contribution in [0.2, 0.25) is 0 Å². The number of nitrogens with one attached hydrogen (secondary N) is 2. The van der Waals surface area contributed by atoms with Gasteiger partial charge in [-0.1, -0.05) is 0 Å². The molecule has 0 atom stereocenters. The lowest BCUT2D eigenvalue weighted by atomic mass is 10.2. The fraction of sp³-hybridized carbons (Fsp3) is 0.176. The zero-order valence-electron chi connectivity index (χ0n) is 16.7. The molecule has 0 aliphatic carbocycles. The number of rotatable bonds is 12. The van der Waals surface area contributed by atoms with Crippen LogP contribution in [-0.4, -0.2) is 32.1 Å². The van der Waals surface area contributed by atoms with E-state index in [1.165, 1.54) is 24.6 Å². The summed E-state index contributed by atoms with van der Waals surface area (Å²) in [4.78, 5) is 40.5. The normalized spacial score (nSPS) is 10.9. The molecule has 0 aliphatic heterocycles. The highest BCUT2D eigenvalue weighted by Gasteiger charge is 2.20. The van der Waals surface area contributed by atoms with E-state index in [1.807, 2.05) is 0 Å². The molecule has 0 fully saturated rings. The zero-order valence-corrected chi connectivity index (χ0v) is 16.7. The highest BCUT2D eigenvalue weighted by molar-refractivity contribution is 5.69. The Morgan fingerprint density at radius 3 is 1.39 bits per heavy atom. The van der Waals surface area contributed by atoms with Crippen LogP contribution in [0.15, 0.2) is 46.6 Å². The summed E-state index contributed by atoms with van der Waals surface area (Å²) in [6.07, 6.45) is 4.39. The quantitative estimate of drug-likeness (QED) is 0.200. The highest BCUT2D eigenvalue weighted by atomic mass is 16.6. The van der Waals surface area contributed by atoms with E-state index >= 15 is 0 Å². The first-order valence-electron chi connectivity index (χ1n) is 9.11. The number of hydrogen-bond donors (Lipinski definition) is 2. The monoisotopic (exact) mass is 460 g/mol. The third-order valence-electron chi connectivity index (χ3n) is 4.00. The third kappa shape index (κ3) is 7.02. The van der Waals surface area contributed by atoms with Gasteiger partial charge < -0.3 is 0 Å². The van der Waals surface area contributed by atoms with Crippen molar-refractivity contribution in [1.29, 1.82) is 0 Å². The number of nitro groups is 4. The van der Waals surface area contributed by atoms with E-state index in [-0.39, 0.29) is 11.4 Å². The lowest BCUT2D eigenvalue weighted by Gasteiger charge is -2.02. The maximum Gasteiger partial charge on any atom is 0.301 e. The van der Waals surface area contributed by atoms with Crippen LogP contribution in [0.4, 0.5) is 34.1 Å². The number of hydrazone groups is 2. The van der Waals surface area contributed by atoms with Gasteiger partial charge in [0.05, 0.1) is 31.8 Å². The number of non-ortho nitro benzene ring substituents is 2. The van der Waals surface area contributed by atoms with Crippen molar-refractivity contribution in [1.82, 2.24) is 0 Å². The number of nitro benzene ring substituents is 4. The van der Waals surface area contributed by atoms with Gasteiger partial charge in [-0.25, -0.2) is 0 Å². The van der Waals surface area contributed by atoms with E-state index in [0.717, 1.165) is 24.3 Å². The third-order valence-corrected chi connectivity index (χ3v) is 4.00. The second-order valence-electron chi connectivity index (χ2n) is 6.21. The van der Waals surface area contributed by atoms with Gasteiger partial charge in [-0.3, -0.25) is 51.3 Å². The molecule has 0 aliphatic rings. The number of unbranched alkanes of at least 4 members (excludes halogenated alkanes) is 2. The smallest absolute Gasteiger partial charge is 0.272 e. The number of nitrogens with zero attached hydrogens (tertiary/aromatic N) is 6. The second kappa shape index (κ2) is 11.4. The molecule has 0 bridgehead atoms. The predicted molar refractivity (Wildman–Crippen MR) is 118 cm³/mol. The van der Waals surface area contributed by atoms with Crippen molar-refractivity contribution in [3.05, 3.63) is 76.9 Å². The second-order valence-corrected chi connectivity index (χ2v) is 6.21. The first-order chi connectivity index (χ1) is 15.7. The molecule has 16 heteroatoms. The van der Waals surface area contributed by atoms with E-state index in [1.54, 1.807) is 0 Å². The minimum absolute atomic E-state index is 0.00250. The van der Waals surface area contributed by atoms with Gasteiger partial charge in [0.2, 0.25) is 0 Å². The molecule has 0 saturated heterocycles. The van der Waals surface area contributed by atoms with Gasteiger partial charge in [0.1, 0.15) is 11.4 Å². The molecule has 0 spiro atoms. The van der Waals surface area contributed by atoms with Crippen molar-refractivity contribution >= 4 is 46.6 Å². The molecule has 0 saturated carbocycles. The molecular formula is C17H16N8O8. The molecule has 0 amide bonds. The summed E-state index contributed by atoms with van der Waals surface area (Å²) in [6, 6.07) is 6.26. The Bertz CT molecular complexity index is 1050. The molecule has 2 aromatic rings. The lowest BCUT2D eigenvalue weighted by molar-refractivity contribution is -0.393. The number of benzene rings is 2. The maximum atomic E-state index is 11.0. The lowest BCUT2D eigenvalue weighted by Crippen LogP contribution is -1.99. The van der Waals surface area contributed by atoms with Crippen LogP contribution in [-0.2, 0) is 0 Å². The molecule has 16 nitrogen and oxygen atoms in total. The fourth-order valence-electron chi connectivity index (χ4n) is 2.42. The van der Waals surface area contributed by atoms with E-state index < -0.39 is 42.4 Å². The largest absolute Gasteiger partial charge is 0.301 e. The summed E-state index contributed by atoms with van der Waals surface area (Å²) in [5.74, 6) is 0. The predicted octanol–water partition coefficient (Wildman–Crippen LogP) is 3.99. The SMILES string of the molecule is O=[N+]([O-])c1ccc(NN=CCCCC=NNc2ccc([N+](=O)[O-])cc2[N+](=O)[O-])c([N+](=O)[O-])c1. The summed E-state index contributed by atoms with van der Waals surface area (Å²) in [5, 5.41) is 51.2. The first kappa shape index (κ1) is 24.3. The van der Waals surface area contributed by atoms with Crippen LogP contribution >= 0.6 is 0 Å². The Morgan fingerprint density at radius 1 is 0.667 bits per heavy atom. The molecule has 0 heterocycles. The first-order valence-corrected chi connectivity index (χ1v) is 9.11. The molecule has 2 rings (SSSR count). The van der Waals surface area contributed by atoms with Crippen LogP contribution < -0.4 is 10.9 Å². The summed E-state index contributed by atoms with van der Waals surface area (Å²) in [7, 11) is 0. The van der Waals surface area contributed by atoms with Crippen molar-refractivity contribution < 1.29 is 19.7 Å². The van der Waals surface area contributed by atoms with E-state index in [2.05, 4.69) is 21.1 Å². The van der Waals surface area contributed by atoms with Crippen LogP contribution in [0.25, 0.3) is 0 Å². The average molecular weight is 460 g/mol. The van der Waals surface area contributed by atoms with Crippen LogP contribution in [0.3, 0.4) is 0 Å². The van der Waals surface area contributed by atoms with Crippen LogP contribution in [0, 0.1) is 40.5 Å². The highest BCUT2D eigenvalue weighted by Crippen LogP contribution is 2.29. The van der Waals surface area contributed by atoms with Crippen molar-refractivity contribution in [2.24, 2.45) is 10.2 Å². The Kier molecular flexibility index (Phi) is 8.37. The summed E-state index contributed by atoms with van der Waals surface area (Å²) >= 11 is 0. The van der Waals surface area contributed by atoms with E-state index in [4.69, 9.17) is 0 Å². The molecule has 33 heavy (non-hydrogen) atoms. The van der Waals surface area contributed by atoms with Gasteiger partial charge in [-0.05, 0) is 31.4 Å². The average Bonchev–Trinajstić information content (AvgIpc) is 2.77. The van der Waals surface area contributed by atoms with E-state index in [0.29, 0.717) is 19.3 Å². The molecule has 0 aromatic heterocycles. The van der Waals surface area contributed by atoms with Crippen molar-refractivity contribution in [3.63, 3.8) is 0 Å². The van der Waals surface area contributed by atoms with Crippen molar-refractivity contribution in [3.8, 4) is 0 Å². The van der Waals surface area contributed by atoms with Gasteiger partial charge >= 0.3 is 11.4 Å². The summed E-state index contributed by atoms with van der Waals surface area (Å²) < 4.78 is 0. The fourth-order valence-corrected chi connectivity index (χ4v) is 2.42. The van der Waals surface area contributed by atoms with Gasteiger partial charge in [0.15, 0.2) is 0 Å². The van der Waals surface area contributed by atoms with Crippen molar-refractivity contribution in [2.75, 3.05) is 10.9 Å².